The molecule has 1 aromatic heterocycles. The molecule has 0 amide bonds. The van der Waals surface area contributed by atoms with Crippen molar-refractivity contribution >= 4 is 15.8 Å². The van der Waals surface area contributed by atoms with E-state index in [1.165, 1.54) is 6.26 Å². The van der Waals surface area contributed by atoms with Crippen LogP contribution in [0, 0.1) is 6.92 Å². The topological polar surface area (TPSA) is 63.2 Å². The average molecular weight is 243 g/mol. The minimum absolute atomic E-state index is 0.0980. The van der Waals surface area contributed by atoms with E-state index in [1.54, 1.807) is 24.2 Å². The lowest BCUT2D eigenvalue weighted by Gasteiger charge is -2.24. The first kappa shape index (κ1) is 12.9. The van der Waals surface area contributed by atoms with Crippen LogP contribution < -0.4 is 4.90 Å². The molecule has 0 aliphatic carbocycles. The van der Waals surface area contributed by atoms with E-state index in [-0.39, 0.29) is 11.8 Å². The van der Waals surface area contributed by atoms with Crippen molar-refractivity contribution in [3.05, 3.63) is 18.0 Å². The summed E-state index contributed by atoms with van der Waals surface area (Å²) in [5.74, 6) is 0.650. The Morgan fingerprint density at radius 2 is 2.12 bits per heavy atom. The number of rotatable bonds is 4. The Labute approximate surface area is 96.4 Å². The first-order valence-electron chi connectivity index (χ1n) is 5.00. The summed E-state index contributed by atoms with van der Waals surface area (Å²) in [7, 11) is -1.19. The van der Waals surface area contributed by atoms with Gasteiger partial charge in [0.05, 0.1) is 5.75 Å². The van der Waals surface area contributed by atoms with Crippen molar-refractivity contribution in [1.82, 2.24) is 9.97 Å². The fourth-order valence-corrected chi connectivity index (χ4v) is 2.45. The highest BCUT2D eigenvalue weighted by atomic mass is 32.2. The van der Waals surface area contributed by atoms with Crippen LogP contribution in [0.3, 0.4) is 0 Å². The first-order chi connectivity index (χ1) is 7.29. The molecule has 0 spiro atoms. The van der Waals surface area contributed by atoms with Crippen LogP contribution in [0.1, 0.15) is 12.6 Å². The van der Waals surface area contributed by atoms with E-state index in [0.29, 0.717) is 5.95 Å². The van der Waals surface area contributed by atoms with Crippen molar-refractivity contribution in [2.24, 2.45) is 0 Å². The van der Waals surface area contributed by atoms with Gasteiger partial charge in [0.25, 0.3) is 0 Å². The van der Waals surface area contributed by atoms with Crippen LogP contribution in [0.15, 0.2) is 12.3 Å². The summed E-state index contributed by atoms with van der Waals surface area (Å²) in [5, 5.41) is 0. The predicted molar refractivity (Wildman–Crippen MR) is 64.3 cm³/mol. The number of sulfone groups is 1. The Balaban J connectivity index is 2.82. The van der Waals surface area contributed by atoms with Crippen molar-refractivity contribution in [3.63, 3.8) is 0 Å². The molecule has 90 valence electrons. The van der Waals surface area contributed by atoms with Gasteiger partial charge in [0.2, 0.25) is 5.95 Å². The quantitative estimate of drug-likeness (QED) is 0.777. The van der Waals surface area contributed by atoms with Gasteiger partial charge in [-0.25, -0.2) is 18.4 Å². The highest BCUT2D eigenvalue weighted by molar-refractivity contribution is 7.90. The molecule has 0 bridgehead atoms. The maximum atomic E-state index is 11.2. The molecule has 1 heterocycles. The van der Waals surface area contributed by atoms with E-state index < -0.39 is 9.84 Å². The zero-order valence-electron chi connectivity index (χ0n) is 10.0. The second-order valence-electron chi connectivity index (χ2n) is 4.05. The van der Waals surface area contributed by atoms with Gasteiger partial charge in [-0.3, -0.25) is 0 Å². The highest BCUT2D eigenvalue weighted by Gasteiger charge is 2.17. The van der Waals surface area contributed by atoms with Crippen LogP contribution in [-0.4, -0.2) is 43.5 Å². The van der Waals surface area contributed by atoms with Crippen molar-refractivity contribution in [2.75, 3.05) is 24.0 Å². The van der Waals surface area contributed by atoms with E-state index in [2.05, 4.69) is 9.97 Å². The van der Waals surface area contributed by atoms with E-state index in [9.17, 15) is 8.42 Å². The Morgan fingerprint density at radius 1 is 1.50 bits per heavy atom. The molecule has 1 rings (SSSR count). The third kappa shape index (κ3) is 3.77. The number of aryl methyl sites for hydroxylation is 1. The first-order valence-corrected chi connectivity index (χ1v) is 7.06. The second-order valence-corrected chi connectivity index (χ2v) is 6.24. The lowest BCUT2D eigenvalue weighted by atomic mass is 10.3. The molecule has 0 fully saturated rings. The average Bonchev–Trinajstić information content (AvgIpc) is 2.14. The Morgan fingerprint density at radius 3 is 2.62 bits per heavy atom. The molecular weight excluding hydrogens is 226 g/mol. The van der Waals surface area contributed by atoms with Crippen molar-refractivity contribution in [2.45, 2.75) is 19.9 Å². The van der Waals surface area contributed by atoms with Crippen molar-refractivity contribution < 1.29 is 8.42 Å². The van der Waals surface area contributed by atoms with Crippen molar-refractivity contribution in [3.8, 4) is 0 Å². The number of anilines is 1. The smallest absolute Gasteiger partial charge is 0.225 e. The summed E-state index contributed by atoms with van der Waals surface area (Å²) in [4.78, 5) is 10.1. The van der Waals surface area contributed by atoms with E-state index in [4.69, 9.17) is 0 Å². The molecule has 1 aromatic rings. The third-order valence-corrected chi connectivity index (χ3v) is 3.39. The Kier molecular flexibility index (Phi) is 3.85. The predicted octanol–water partition coefficient (Wildman–Crippen LogP) is 0.654. The molecule has 5 nitrogen and oxygen atoms in total. The second kappa shape index (κ2) is 4.78. The summed E-state index contributed by atoms with van der Waals surface area (Å²) in [6.07, 6.45) is 2.90. The van der Waals surface area contributed by atoms with Crippen LogP contribution in [0.4, 0.5) is 5.95 Å². The molecule has 1 atom stereocenters. The van der Waals surface area contributed by atoms with Crippen LogP contribution >= 0.6 is 0 Å². The van der Waals surface area contributed by atoms with E-state index in [0.717, 1.165) is 5.69 Å². The third-order valence-electron chi connectivity index (χ3n) is 2.30. The number of aromatic nitrogens is 2. The molecule has 0 radical (unpaired) electrons. The molecule has 0 aliphatic rings. The molecule has 0 saturated carbocycles. The summed E-state index contributed by atoms with van der Waals surface area (Å²) in [6, 6.07) is 1.66. The molecular formula is C10H17N3O2S. The number of hydrogen-bond donors (Lipinski definition) is 0. The molecule has 16 heavy (non-hydrogen) atoms. The standard InChI is InChI=1S/C10H17N3O2S/c1-8-5-6-11-10(12-8)13(3)9(2)7-16(4,14)15/h5-6,9H,7H2,1-4H3. The summed E-state index contributed by atoms with van der Waals surface area (Å²) in [6.45, 7) is 3.72. The lowest BCUT2D eigenvalue weighted by molar-refractivity contribution is 0.592. The van der Waals surface area contributed by atoms with Gasteiger partial charge in [-0.05, 0) is 19.9 Å². The van der Waals surface area contributed by atoms with Gasteiger partial charge in [-0.1, -0.05) is 0 Å². The lowest BCUT2D eigenvalue weighted by Crippen LogP contribution is -2.35. The largest absolute Gasteiger partial charge is 0.340 e. The highest BCUT2D eigenvalue weighted by Crippen LogP contribution is 2.09. The molecule has 0 aromatic carbocycles. The summed E-state index contributed by atoms with van der Waals surface area (Å²) in [5.41, 5.74) is 0.864. The summed E-state index contributed by atoms with van der Waals surface area (Å²) < 4.78 is 22.4. The minimum Gasteiger partial charge on any atom is -0.340 e. The zero-order chi connectivity index (χ0) is 12.3. The van der Waals surface area contributed by atoms with Crippen LogP contribution in [0.5, 0.6) is 0 Å². The molecule has 1 unspecified atom stereocenters. The Hall–Kier alpha value is -1.17. The molecule has 0 saturated heterocycles. The van der Waals surface area contributed by atoms with Crippen LogP contribution in [0.2, 0.25) is 0 Å². The molecule has 0 N–H and O–H groups in total. The maximum Gasteiger partial charge on any atom is 0.225 e. The molecule has 6 heteroatoms. The fourth-order valence-electron chi connectivity index (χ4n) is 1.35. The van der Waals surface area contributed by atoms with Crippen LogP contribution in [0.25, 0.3) is 0 Å². The SMILES string of the molecule is Cc1ccnc(N(C)C(C)CS(C)(=O)=O)n1. The van der Waals surface area contributed by atoms with E-state index >= 15 is 0 Å². The van der Waals surface area contributed by atoms with Gasteiger partial charge in [-0.2, -0.15) is 0 Å². The number of nitrogens with zero attached hydrogens (tertiary/aromatic N) is 3. The normalized spacial score (nSPS) is 13.5. The zero-order valence-corrected chi connectivity index (χ0v) is 10.8. The van der Waals surface area contributed by atoms with Crippen LogP contribution in [-0.2, 0) is 9.84 Å². The van der Waals surface area contributed by atoms with Gasteiger partial charge >= 0.3 is 0 Å². The monoisotopic (exact) mass is 243 g/mol. The van der Waals surface area contributed by atoms with E-state index in [1.807, 2.05) is 13.8 Å². The van der Waals surface area contributed by atoms with Gasteiger partial charge < -0.3 is 4.90 Å². The van der Waals surface area contributed by atoms with Gasteiger partial charge in [-0.15, -0.1) is 0 Å². The fraction of sp³-hybridized carbons (Fsp3) is 0.600. The van der Waals surface area contributed by atoms with Gasteiger partial charge in [0, 0.05) is 31.2 Å². The molecule has 0 aliphatic heterocycles. The summed E-state index contributed by atoms with van der Waals surface area (Å²) >= 11 is 0. The maximum absolute atomic E-state index is 11.2. The minimum atomic E-state index is -2.98. The Bertz CT molecular complexity index is 459. The number of hydrogen-bond acceptors (Lipinski definition) is 5. The van der Waals surface area contributed by atoms with Gasteiger partial charge in [0.15, 0.2) is 0 Å². The van der Waals surface area contributed by atoms with Gasteiger partial charge in [0.1, 0.15) is 9.84 Å². The van der Waals surface area contributed by atoms with Crippen molar-refractivity contribution in [1.29, 1.82) is 0 Å².